The molecule has 4 heteroatoms. The molecule has 0 N–H and O–H groups in total. The standard InChI is InChI=1S/C11H15N3O/c1-8-3-2-4-9(7-8)11-13-10(5-6-12)15-14-11/h8-9H,2-5,7H2,1H3. The van der Waals surface area contributed by atoms with E-state index in [9.17, 15) is 0 Å². The number of rotatable bonds is 2. The molecule has 80 valence electrons. The Bertz CT molecular complexity index is 366. The third-order valence-corrected chi connectivity index (χ3v) is 3.02. The molecule has 0 radical (unpaired) electrons. The van der Waals surface area contributed by atoms with E-state index in [1.165, 1.54) is 12.8 Å². The van der Waals surface area contributed by atoms with Crippen LogP contribution in [0.25, 0.3) is 0 Å². The summed E-state index contributed by atoms with van der Waals surface area (Å²) in [7, 11) is 0. The highest BCUT2D eigenvalue weighted by Gasteiger charge is 2.24. The molecule has 0 amide bonds. The number of aromatic nitrogens is 2. The average Bonchev–Trinajstić information content (AvgIpc) is 2.67. The van der Waals surface area contributed by atoms with Crippen LogP contribution in [0.2, 0.25) is 0 Å². The maximum atomic E-state index is 8.50. The van der Waals surface area contributed by atoms with E-state index in [2.05, 4.69) is 17.1 Å². The van der Waals surface area contributed by atoms with Crippen LogP contribution in [0.5, 0.6) is 0 Å². The molecular weight excluding hydrogens is 190 g/mol. The van der Waals surface area contributed by atoms with Gasteiger partial charge in [0.25, 0.3) is 0 Å². The minimum Gasteiger partial charge on any atom is -0.338 e. The fraction of sp³-hybridized carbons (Fsp3) is 0.727. The van der Waals surface area contributed by atoms with Crippen molar-refractivity contribution in [2.24, 2.45) is 5.92 Å². The van der Waals surface area contributed by atoms with Crippen molar-refractivity contribution in [3.8, 4) is 6.07 Å². The molecule has 1 aromatic heterocycles. The van der Waals surface area contributed by atoms with E-state index in [0.717, 1.165) is 24.6 Å². The SMILES string of the molecule is CC1CCCC(c2noc(CC#N)n2)C1. The zero-order chi connectivity index (χ0) is 10.7. The smallest absolute Gasteiger partial charge is 0.240 e. The first-order chi connectivity index (χ1) is 7.29. The Morgan fingerprint density at radius 3 is 3.13 bits per heavy atom. The van der Waals surface area contributed by atoms with Gasteiger partial charge < -0.3 is 4.52 Å². The highest BCUT2D eigenvalue weighted by atomic mass is 16.5. The van der Waals surface area contributed by atoms with Crippen molar-refractivity contribution in [1.29, 1.82) is 5.26 Å². The monoisotopic (exact) mass is 205 g/mol. The number of nitrogens with zero attached hydrogens (tertiary/aromatic N) is 3. The van der Waals surface area contributed by atoms with Crippen LogP contribution in [-0.2, 0) is 6.42 Å². The van der Waals surface area contributed by atoms with Gasteiger partial charge in [0, 0.05) is 5.92 Å². The highest BCUT2D eigenvalue weighted by Crippen LogP contribution is 2.34. The van der Waals surface area contributed by atoms with Crippen molar-refractivity contribution < 1.29 is 4.52 Å². The first kappa shape index (κ1) is 10.2. The Kier molecular flexibility index (Phi) is 3.00. The van der Waals surface area contributed by atoms with Gasteiger partial charge >= 0.3 is 0 Å². The molecule has 1 aromatic rings. The van der Waals surface area contributed by atoms with Gasteiger partial charge in [-0.1, -0.05) is 24.9 Å². The van der Waals surface area contributed by atoms with Crippen LogP contribution in [0.3, 0.4) is 0 Å². The predicted octanol–water partition coefficient (Wildman–Crippen LogP) is 2.43. The van der Waals surface area contributed by atoms with Gasteiger partial charge in [-0.3, -0.25) is 0 Å². The van der Waals surface area contributed by atoms with Crippen LogP contribution in [0.15, 0.2) is 4.52 Å². The summed E-state index contributed by atoms with van der Waals surface area (Å²) in [5.74, 6) is 2.43. The topological polar surface area (TPSA) is 62.7 Å². The van der Waals surface area contributed by atoms with Crippen molar-refractivity contribution in [2.45, 2.75) is 44.9 Å². The fourth-order valence-electron chi connectivity index (χ4n) is 2.24. The molecule has 0 bridgehead atoms. The lowest BCUT2D eigenvalue weighted by molar-refractivity contribution is 0.320. The summed E-state index contributed by atoms with van der Waals surface area (Å²) in [4.78, 5) is 4.26. The third-order valence-electron chi connectivity index (χ3n) is 3.02. The van der Waals surface area contributed by atoms with Crippen LogP contribution in [0.4, 0.5) is 0 Å². The minimum atomic E-state index is 0.218. The van der Waals surface area contributed by atoms with Gasteiger partial charge in [0.05, 0.1) is 6.07 Å². The highest BCUT2D eigenvalue weighted by molar-refractivity contribution is 5.00. The number of nitriles is 1. The molecule has 0 aromatic carbocycles. The lowest BCUT2D eigenvalue weighted by Gasteiger charge is -2.23. The average molecular weight is 205 g/mol. The maximum absolute atomic E-state index is 8.50. The van der Waals surface area contributed by atoms with E-state index in [1.54, 1.807) is 0 Å². The second-order valence-corrected chi connectivity index (χ2v) is 4.35. The zero-order valence-electron chi connectivity index (χ0n) is 8.94. The number of hydrogen-bond donors (Lipinski definition) is 0. The van der Waals surface area contributed by atoms with Gasteiger partial charge in [0.1, 0.15) is 6.42 Å². The van der Waals surface area contributed by atoms with Crippen molar-refractivity contribution in [1.82, 2.24) is 10.1 Å². The Balaban J connectivity index is 2.05. The van der Waals surface area contributed by atoms with E-state index >= 15 is 0 Å². The number of hydrogen-bond acceptors (Lipinski definition) is 4. The van der Waals surface area contributed by atoms with Crippen molar-refractivity contribution in [2.75, 3.05) is 0 Å². The van der Waals surface area contributed by atoms with Crippen LogP contribution in [0, 0.1) is 17.2 Å². The largest absolute Gasteiger partial charge is 0.338 e. The third kappa shape index (κ3) is 2.35. The van der Waals surface area contributed by atoms with E-state index in [-0.39, 0.29) is 6.42 Å². The van der Waals surface area contributed by atoms with Gasteiger partial charge in [-0.15, -0.1) is 0 Å². The molecule has 0 aliphatic heterocycles. The second kappa shape index (κ2) is 4.43. The van der Waals surface area contributed by atoms with E-state index in [1.807, 2.05) is 6.07 Å². The Hall–Kier alpha value is -1.37. The van der Waals surface area contributed by atoms with Crippen LogP contribution in [0.1, 0.15) is 50.2 Å². The van der Waals surface area contributed by atoms with Gasteiger partial charge in [-0.25, -0.2) is 0 Å². The molecule has 1 aliphatic carbocycles. The summed E-state index contributed by atoms with van der Waals surface area (Å²) in [6, 6.07) is 2.01. The predicted molar refractivity (Wildman–Crippen MR) is 54.0 cm³/mol. The molecule has 0 spiro atoms. The van der Waals surface area contributed by atoms with E-state index < -0.39 is 0 Å². The maximum Gasteiger partial charge on any atom is 0.240 e. The lowest BCUT2D eigenvalue weighted by atomic mass is 9.82. The van der Waals surface area contributed by atoms with Gasteiger partial charge in [-0.05, 0) is 18.8 Å². The molecule has 2 unspecified atom stereocenters. The summed E-state index contributed by atoms with van der Waals surface area (Å²) in [5, 5.41) is 12.5. The van der Waals surface area contributed by atoms with E-state index in [4.69, 9.17) is 9.78 Å². The quantitative estimate of drug-likeness (QED) is 0.743. The van der Waals surface area contributed by atoms with Crippen molar-refractivity contribution in [3.05, 3.63) is 11.7 Å². The summed E-state index contributed by atoms with van der Waals surface area (Å²) in [6.07, 6.45) is 5.06. The molecule has 15 heavy (non-hydrogen) atoms. The normalized spacial score (nSPS) is 26.1. The molecule has 1 heterocycles. The van der Waals surface area contributed by atoms with Crippen molar-refractivity contribution >= 4 is 0 Å². The van der Waals surface area contributed by atoms with Gasteiger partial charge in [-0.2, -0.15) is 10.2 Å². The minimum absolute atomic E-state index is 0.218. The molecule has 1 fully saturated rings. The van der Waals surface area contributed by atoms with Crippen molar-refractivity contribution in [3.63, 3.8) is 0 Å². The molecule has 2 rings (SSSR count). The molecule has 1 aliphatic rings. The van der Waals surface area contributed by atoms with Gasteiger partial charge in [0.15, 0.2) is 5.82 Å². The summed E-state index contributed by atoms with van der Waals surface area (Å²) < 4.78 is 5.01. The van der Waals surface area contributed by atoms with Crippen LogP contribution < -0.4 is 0 Å². The second-order valence-electron chi connectivity index (χ2n) is 4.35. The summed E-state index contributed by atoms with van der Waals surface area (Å²) in [6.45, 7) is 2.27. The first-order valence-electron chi connectivity index (χ1n) is 5.49. The van der Waals surface area contributed by atoms with Gasteiger partial charge in [0.2, 0.25) is 5.89 Å². The lowest BCUT2D eigenvalue weighted by Crippen LogP contribution is -2.12. The summed E-state index contributed by atoms with van der Waals surface area (Å²) in [5.41, 5.74) is 0. The van der Waals surface area contributed by atoms with E-state index in [0.29, 0.717) is 11.8 Å². The fourth-order valence-corrected chi connectivity index (χ4v) is 2.24. The summed E-state index contributed by atoms with van der Waals surface area (Å²) >= 11 is 0. The van der Waals surface area contributed by atoms with Crippen LogP contribution in [-0.4, -0.2) is 10.1 Å². The molecule has 4 nitrogen and oxygen atoms in total. The Labute approximate surface area is 89.3 Å². The Morgan fingerprint density at radius 1 is 1.53 bits per heavy atom. The first-order valence-corrected chi connectivity index (χ1v) is 5.49. The zero-order valence-corrected chi connectivity index (χ0v) is 8.94. The molecule has 1 saturated carbocycles. The van der Waals surface area contributed by atoms with Crippen LogP contribution >= 0.6 is 0 Å². The molecule has 0 saturated heterocycles. The molecular formula is C11H15N3O. The molecule has 2 atom stereocenters. The Morgan fingerprint density at radius 2 is 2.40 bits per heavy atom.